The average Bonchev–Trinajstić information content (AvgIpc) is 2.76. The number of fused-ring (bicyclic) bond motifs is 2. The van der Waals surface area contributed by atoms with Gasteiger partial charge in [-0.25, -0.2) is 0 Å². The van der Waals surface area contributed by atoms with Crippen molar-refractivity contribution in [1.29, 1.82) is 0 Å². The van der Waals surface area contributed by atoms with E-state index in [4.69, 9.17) is 0 Å². The summed E-state index contributed by atoms with van der Waals surface area (Å²) in [6, 6.07) is 4.55. The Hall–Kier alpha value is -0.870. The van der Waals surface area contributed by atoms with Gasteiger partial charge in [0.1, 0.15) is 0 Å². The lowest BCUT2D eigenvalue weighted by molar-refractivity contribution is 0.0241. The lowest BCUT2D eigenvalue weighted by atomic mass is 9.81. The number of nitrogens with zero attached hydrogens (tertiary/aromatic N) is 3. The molecule has 2 atom stereocenters. The summed E-state index contributed by atoms with van der Waals surface area (Å²) >= 11 is 0. The molecular weight excluding hydrogens is 260 g/mol. The number of hydrogen-bond donors (Lipinski definition) is 1. The normalized spacial score (nSPS) is 29.8. The van der Waals surface area contributed by atoms with Gasteiger partial charge in [0.15, 0.2) is 0 Å². The summed E-state index contributed by atoms with van der Waals surface area (Å²) in [5, 5.41) is 8.08. The minimum atomic E-state index is 0.743. The van der Waals surface area contributed by atoms with E-state index < -0.39 is 0 Å². The van der Waals surface area contributed by atoms with E-state index in [-0.39, 0.29) is 0 Å². The molecule has 1 N–H and O–H groups in total. The first-order chi connectivity index (χ1) is 10.2. The summed E-state index contributed by atoms with van der Waals surface area (Å²) in [6.07, 6.45) is 8.13. The second kappa shape index (κ2) is 6.49. The molecule has 21 heavy (non-hydrogen) atoms. The van der Waals surface area contributed by atoms with Crippen LogP contribution in [0, 0.1) is 13.8 Å². The number of aryl methyl sites for hydroxylation is 3. The monoisotopic (exact) mass is 290 g/mol. The third-order valence-corrected chi connectivity index (χ3v) is 5.42. The molecule has 118 valence electrons. The topological polar surface area (TPSA) is 33.1 Å². The Balaban J connectivity index is 1.54. The van der Waals surface area contributed by atoms with Gasteiger partial charge in [-0.2, -0.15) is 5.10 Å². The summed E-state index contributed by atoms with van der Waals surface area (Å²) in [5.74, 6) is 0. The van der Waals surface area contributed by atoms with Crippen LogP contribution >= 0.6 is 0 Å². The smallest absolute Gasteiger partial charge is 0.0596 e. The Morgan fingerprint density at radius 1 is 1.19 bits per heavy atom. The number of aromatic nitrogens is 2. The maximum Gasteiger partial charge on any atom is 0.0596 e. The lowest BCUT2D eigenvalue weighted by Gasteiger charge is -2.49. The van der Waals surface area contributed by atoms with Crippen molar-refractivity contribution in [2.24, 2.45) is 0 Å². The largest absolute Gasteiger partial charge is 0.317 e. The van der Waals surface area contributed by atoms with Gasteiger partial charge in [-0.3, -0.25) is 9.58 Å². The van der Waals surface area contributed by atoms with Gasteiger partial charge < -0.3 is 5.32 Å². The fourth-order valence-corrected chi connectivity index (χ4v) is 4.38. The molecule has 2 bridgehead atoms. The minimum absolute atomic E-state index is 0.743. The summed E-state index contributed by atoms with van der Waals surface area (Å²) in [4.78, 5) is 2.81. The SMILES string of the molecule is CNC1CC2CCCC(C1)N2CCCn1nc(C)cc1C. The molecule has 0 amide bonds. The highest BCUT2D eigenvalue weighted by Crippen LogP contribution is 2.34. The van der Waals surface area contributed by atoms with Gasteiger partial charge in [0.25, 0.3) is 0 Å². The Morgan fingerprint density at radius 3 is 2.48 bits per heavy atom. The number of piperidine rings is 2. The van der Waals surface area contributed by atoms with Gasteiger partial charge in [0.2, 0.25) is 0 Å². The standard InChI is InChI=1S/C17H30N4/c1-13-10-14(2)21(19-13)9-5-8-20-16-6-4-7-17(20)12-15(11-16)18-3/h10,15-18H,4-9,11-12H2,1-3H3. The van der Waals surface area contributed by atoms with Crippen LogP contribution in [0.2, 0.25) is 0 Å². The second-order valence-electron chi connectivity index (χ2n) is 6.94. The van der Waals surface area contributed by atoms with Crippen LogP contribution in [-0.2, 0) is 6.54 Å². The molecule has 1 aromatic rings. The van der Waals surface area contributed by atoms with Gasteiger partial charge in [0, 0.05) is 36.9 Å². The van der Waals surface area contributed by atoms with E-state index in [0.29, 0.717) is 0 Å². The highest BCUT2D eigenvalue weighted by atomic mass is 15.3. The quantitative estimate of drug-likeness (QED) is 0.904. The molecule has 2 aliphatic heterocycles. The molecule has 0 spiro atoms. The Kier molecular flexibility index (Phi) is 4.65. The van der Waals surface area contributed by atoms with Crippen molar-refractivity contribution in [2.45, 2.75) is 77.0 Å². The first kappa shape index (κ1) is 15.0. The van der Waals surface area contributed by atoms with E-state index in [1.54, 1.807) is 0 Å². The van der Waals surface area contributed by atoms with E-state index >= 15 is 0 Å². The van der Waals surface area contributed by atoms with Gasteiger partial charge in [-0.1, -0.05) is 6.42 Å². The summed E-state index contributed by atoms with van der Waals surface area (Å²) in [7, 11) is 2.12. The maximum absolute atomic E-state index is 4.58. The van der Waals surface area contributed by atoms with Crippen molar-refractivity contribution in [3.63, 3.8) is 0 Å². The minimum Gasteiger partial charge on any atom is -0.317 e. The zero-order chi connectivity index (χ0) is 14.8. The molecule has 2 unspecified atom stereocenters. The number of nitrogens with one attached hydrogen (secondary N) is 1. The molecule has 2 fully saturated rings. The zero-order valence-corrected chi connectivity index (χ0v) is 13.8. The van der Waals surface area contributed by atoms with Crippen LogP contribution in [-0.4, -0.2) is 46.4 Å². The first-order valence-electron chi connectivity index (χ1n) is 8.61. The number of rotatable bonds is 5. The van der Waals surface area contributed by atoms with E-state index in [2.05, 4.69) is 47.0 Å². The first-order valence-corrected chi connectivity index (χ1v) is 8.61. The molecule has 0 aromatic carbocycles. The molecular formula is C17H30N4. The Labute approximate surface area is 128 Å². The van der Waals surface area contributed by atoms with Crippen LogP contribution in [0.4, 0.5) is 0 Å². The molecule has 4 nitrogen and oxygen atoms in total. The summed E-state index contributed by atoms with van der Waals surface area (Å²) < 4.78 is 2.17. The molecule has 2 aliphatic rings. The Morgan fingerprint density at radius 2 is 1.90 bits per heavy atom. The van der Waals surface area contributed by atoms with Crippen molar-refractivity contribution in [2.75, 3.05) is 13.6 Å². The van der Waals surface area contributed by atoms with Crippen LogP contribution < -0.4 is 5.32 Å². The van der Waals surface area contributed by atoms with Gasteiger partial charge in [-0.05, 0) is 59.1 Å². The van der Waals surface area contributed by atoms with Crippen LogP contribution in [0.25, 0.3) is 0 Å². The zero-order valence-electron chi connectivity index (χ0n) is 13.8. The molecule has 0 saturated carbocycles. The van der Waals surface area contributed by atoms with E-state index in [9.17, 15) is 0 Å². The molecule has 0 radical (unpaired) electrons. The van der Waals surface area contributed by atoms with Crippen molar-refractivity contribution in [1.82, 2.24) is 20.0 Å². The third kappa shape index (κ3) is 3.32. The van der Waals surface area contributed by atoms with Crippen LogP contribution in [0.1, 0.15) is 49.9 Å². The highest BCUT2D eigenvalue weighted by Gasteiger charge is 2.37. The third-order valence-electron chi connectivity index (χ3n) is 5.42. The van der Waals surface area contributed by atoms with Crippen molar-refractivity contribution < 1.29 is 0 Å². The van der Waals surface area contributed by atoms with Crippen molar-refractivity contribution in [3.8, 4) is 0 Å². The molecule has 1 aromatic heterocycles. The van der Waals surface area contributed by atoms with E-state index in [0.717, 1.165) is 30.4 Å². The predicted molar refractivity (Wildman–Crippen MR) is 86.5 cm³/mol. The van der Waals surface area contributed by atoms with Crippen LogP contribution in [0.3, 0.4) is 0 Å². The molecule has 3 heterocycles. The lowest BCUT2D eigenvalue weighted by Crippen LogP contribution is -2.56. The molecule has 4 heteroatoms. The Bertz CT molecular complexity index is 453. The van der Waals surface area contributed by atoms with Gasteiger partial charge in [-0.15, -0.1) is 0 Å². The fraction of sp³-hybridized carbons (Fsp3) is 0.824. The maximum atomic E-state index is 4.58. The van der Waals surface area contributed by atoms with E-state index in [1.807, 2.05) is 0 Å². The van der Waals surface area contributed by atoms with Crippen molar-refractivity contribution in [3.05, 3.63) is 17.5 Å². The van der Waals surface area contributed by atoms with Gasteiger partial charge in [0.05, 0.1) is 5.69 Å². The van der Waals surface area contributed by atoms with Gasteiger partial charge >= 0.3 is 0 Å². The summed E-state index contributed by atoms with van der Waals surface area (Å²) in [5.41, 5.74) is 2.43. The molecule has 0 aliphatic carbocycles. The number of hydrogen-bond acceptors (Lipinski definition) is 3. The molecule has 2 saturated heterocycles. The average molecular weight is 290 g/mol. The van der Waals surface area contributed by atoms with E-state index in [1.165, 1.54) is 50.8 Å². The van der Waals surface area contributed by atoms with Crippen LogP contribution in [0.5, 0.6) is 0 Å². The highest BCUT2D eigenvalue weighted by molar-refractivity contribution is 5.06. The fourth-order valence-electron chi connectivity index (χ4n) is 4.38. The van der Waals surface area contributed by atoms with Crippen molar-refractivity contribution >= 4 is 0 Å². The second-order valence-corrected chi connectivity index (χ2v) is 6.94. The van der Waals surface area contributed by atoms with Crippen LogP contribution in [0.15, 0.2) is 6.07 Å². The molecule has 3 rings (SSSR count). The summed E-state index contributed by atoms with van der Waals surface area (Å²) in [6.45, 7) is 6.54. The predicted octanol–water partition coefficient (Wildman–Crippen LogP) is 2.49.